The summed E-state index contributed by atoms with van der Waals surface area (Å²) in [5.41, 5.74) is 12.7. The van der Waals surface area contributed by atoms with Crippen LogP contribution in [0.3, 0.4) is 0 Å². The Balaban J connectivity index is 0.000000142. The number of aliphatic hydroxyl groups is 1. The molecule has 15 rings (SSSR count). The zero-order valence-electron chi connectivity index (χ0n) is 59.7. The van der Waals surface area contributed by atoms with Gasteiger partial charge in [0.2, 0.25) is 0 Å². The van der Waals surface area contributed by atoms with E-state index in [2.05, 4.69) is 118 Å². The van der Waals surface area contributed by atoms with Gasteiger partial charge in [-0.2, -0.15) is 15.3 Å². The van der Waals surface area contributed by atoms with Gasteiger partial charge in [0.05, 0.1) is 33.3 Å². The Morgan fingerprint density at radius 1 is 0.436 bits per heavy atom. The number of hydrogen-bond donors (Lipinski definition) is 1. The van der Waals surface area contributed by atoms with Crippen molar-refractivity contribution in [1.29, 1.82) is 0 Å². The average molecular weight is 1420 g/mol. The van der Waals surface area contributed by atoms with Crippen LogP contribution in [-0.2, 0) is 51.2 Å². The molecule has 4 atom stereocenters. The third kappa shape index (κ3) is 14.9. The molecule has 0 saturated heterocycles. The molecule has 3 aromatic carbocycles. The van der Waals surface area contributed by atoms with Crippen molar-refractivity contribution in [3.8, 4) is 33.4 Å². The maximum Gasteiger partial charge on any atom is 0.269 e. The first-order valence-corrected chi connectivity index (χ1v) is 38.5. The number of aromatic nitrogens is 12. The molecule has 9 heterocycles. The van der Waals surface area contributed by atoms with Crippen molar-refractivity contribution in [1.82, 2.24) is 56.2 Å². The fourth-order valence-electron chi connectivity index (χ4n) is 15.7. The van der Waals surface area contributed by atoms with E-state index in [9.17, 15) is 25.3 Å². The third-order valence-electron chi connectivity index (χ3n) is 19.4. The summed E-state index contributed by atoms with van der Waals surface area (Å²) in [4.78, 5) is 14.8. The molecule has 4 unspecified atom stereocenters. The second-order valence-corrected chi connectivity index (χ2v) is 35.4. The Morgan fingerprint density at radius 2 is 0.832 bits per heavy atom. The maximum atomic E-state index is 13.5. The molecule has 0 bridgehead atoms. The number of nitrogens with zero attached hydrogens (tertiary/aromatic N) is 12. The van der Waals surface area contributed by atoms with E-state index in [1.807, 2.05) is 64.4 Å². The molecule has 0 amide bonds. The van der Waals surface area contributed by atoms with Crippen molar-refractivity contribution in [2.75, 3.05) is 7.11 Å². The van der Waals surface area contributed by atoms with Gasteiger partial charge >= 0.3 is 0 Å². The molecule has 3 aliphatic carbocycles. The van der Waals surface area contributed by atoms with Gasteiger partial charge in [-0.1, -0.05) is 129 Å². The number of aryl methyl sites for hydroxylation is 3. The lowest BCUT2D eigenvalue weighted by Crippen LogP contribution is -2.26. The summed E-state index contributed by atoms with van der Waals surface area (Å²) in [6, 6.07) is 31.8. The molecule has 9 aromatic heterocycles. The van der Waals surface area contributed by atoms with Gasteiger partial charge in [-0.25, -0.2) is 52.1 Å². The monoisotopic (exact) mass is 1410 g/mol. The minimum absolute atomic E-state index is 0.122. The maximum absolute atomic E-state index is 13.5. The van der Waals surface area contributed by atoms with Gasteiger partial charge in [-0.05, 0) is 167 Å². The zero-order valence-corrected chi connectivity index (χ0v) is 62.2. The van der Waals surface area contributed by atoms with Crippen LogP contribution < -0.4 is 0 Å². The van der Waals surface area contributed by atoms with E-state index in [1.165, 1.54) is 35.0 Å². The molecule has 1 fully saturated rings. The second kappa shape index (κ2) is 27.9. The van der Waals surface area contributed by atoms with Crippen LogP contribution in [0.1, 0.15) is 130 Å². The highest BCUT2D eigenvalue weighted by Gasteiger charge is 2.35. The van der Waals surface area contributed by atoms with Gasteiger partial charge in [0.25, 0.3) is 30.1 Å². The smallest absolute Gasteiger partial charge is 0.269 e. The summed E-state index contributed by atoms with van der Waals surface area (Å²) in [7, 11) is -4.82. The molecule has 0 spiro atoms. The van der Waals surface area contributed by atoms with Crippen LogP contribution in [0.2, 0.25) is 0 Å². The Labute approximate surface area is 593 Å². The fourth-order valence-corrected chi connectivity index (χ4v) is 19.8. The van der Waals surface area contributed by atoms with Gasteiger partial charge in [0, 0.05) is 134 Å². The average Bonchev–Trinajstić information content (AvgIpc) is 1.62. The Kier molecular flexibility index (Phi) is 19.7. The van der Waals surface area contributed by atoms with Crippen molar-refractivity contribution >= 4 is 74.3 Å². The number of allylic oxidation sites excluding steroid dienone is 4. The molecule has 1 saturated carbocycles. The topological polar surface area (TPSA) is 230 Å². The van der Waals surface area contributed by atoms with Crippen LogP contribution in [0, 0.1) is 34.0 Å². The number of benzene rings is 3. The highest BCUT2D eigenvalue weighted by molar-refractivity contribution is 7.90. The number of hydrogen-bond acceptors (Lipinski definition) is 13. The Morgan fingerprint density at radius 3 is 1.21 bits per heavy atom. The van der Waals surface area contributed by atoms with E-state index in [-0.39, 0.29) is 30.9 Å². The third-order valence-corrected chi connectivity index (χ3v) is 24.4. The molecule has 22 heteroatoms. The molecule has 1 N–H and O–H groups in total. The van der Waals surface area contributed by atoms with Gasteiger partial charge < -0.3 is 5.11 Å². The summed E-state index contributed by atoms with van der Waals surface area (Å²) >= 11 is 0. The molecular weight excluding hydrogens is 1330 g/mol. The van der Waals surface area contributed by atoms with Crippen LogP contribution in [0.5, 0.6) is 0 Å². The van der Waals surface area contributed by atoms with Crippen molar-refractivity contribution < 1.29 is 30.4 Å². The number of fused-ring (bicyclic) bond motifs is 3. The standard InChI is InChI=1S/C26H30N4O2S.2C26H28N4O2S.CH4O/c3*1-18-10-19(13-26(2,3)12-18)20-11-23-24(21-15-28-29(4)16-21)17-30(25(23)27-14-20)33(31,32)22-8-6-5-7-9-22;1-2/h5-9,11,14-19H,10,12-13H2,1-4H3;5-9,11,13-18H,10,12H2,1-4H3;5-11,14-18H,12-13H2,1-4H3;2H,1H3. The van der Waals surface area contributed by atoms with E-state index in [0.717, 1.165) is 106 Å². The summed E-state index contributed by atoms with van der Waals surface area (Å²) in [5.74, 6) is 2.13. The molecule has 3 aliphatic rings. The van der Waals surface area contributed by atoms with Gasteiger partial charge in [0.1, 0.15) is 0 Å². The fraction of sp³-hybridized carbons (Fsp3) is 0.342. The first-order chi connectivity index (χ1) is 47.9. The van der Waals surface area contributed by atoms with Crippen molar-refractivity contribution in [2.45, 2.75) is 128 Å². The normalized spacial score (nSPS) is 18.9. The summed E-state index contributed by atoms with van der Waals surface area (Å²) in [5, 5.41) is 22.4. The van der Waals surface area contributed by atoms with E-state index >= 15 is 0 Å². The van der Waals surface area contributed by atoms with Gasteiger partial charge in [-0.3, -0.25) is 14.0 Å². The molecule has 101 heavy (non-hydrogen) atoms. The van der Waals surface area contributed by atoms with Crippen molar-refractivity contribution in [3.05, 3.63) is 212 Å². The molecule has 526 valence electrons. The minimum atomic E-state index is -3.80. The Hall–Kier alpha value is -9.35. The minimum Gasteiger partial charge on any atom is -0.400 e. The quantitative estimate of drug-likeness (QED) is 0.120. The van der Waals surface area contributed by atoms with Crippen LogP contribution >= 0.6 is 0 Å². The van der Waals surface area contributed by atoms with E-state index in [1.54, 1.807) is 136 Å². The first kappa shape index (κ1) is 71.5. The van der Waals surface area contributed by atoms with Crippen molar-refractivity contribution in [2.24, 2.45) is 55.1 Å². The summed E-state index contributed by atoms with van der Waals surface area (Å²) < 4.78 is 90.1. The largest absolute Gasteiger partial charge is 0.400 e. The van der Waals surface area contributed by atoms with E-state index < -0.39 is 30.1 Å². The summed E-state index contributed by atoms with van der Waals surface area (Å²) in [6.45, 7) is 20.7. The predicted molar refractivity (Wildman–Crippen MR) is 401 cm³/mol. The van der Waals surface area contributed by atoms with Gasteiger partial charge in [-0.15, -0.1) is 0 Å². The molecule has 0 radical (unpaired) electrons. The summed E-state index contributed by atoms with van der Waals surface area (Å²) in [6.07, 6.45) is 33.9. The second-order valence-electron chi connectivity index (χ2n) is 30.0. The lowest BCUT2D eigenvalue weighted by atomic mass is 9.66. The van der Waals surface area contributed by atoms with E-state index in [4.69, 9.17) is 10.1 Å². The number of aliphatic hydroxyl groups excluding tert-OH is 1. The lowest BCUT2D eigenvalue weighted by molar-refractivity contribution is 0.168. The van der Waals surface area contributed by atoms with Crippen molar-refractivity contribution in [3.63, 3.8) is 0 Å². The molecular formula is C79H90N12O7S3. The number of rotatable bonds is 12. The zero-order chi connectivity index (χ0) is 72.1. The SMILES string of the molecule is CC1C=C(c2cnc3c(c2)c(-c2cnn(C)c2)cn3S(=O)(=O)c2ccccc2)CC(C)(C)C1.CC1CC(c2cnc3c(c2)c(-c2cnn(C)c2)cn3S(=O)(=O)c2ccccc2)=CC(C)(C)C1.CC1CC(c2cnc3c(c2)c(-c2cnn(C)c2)cn3S(=O)(=O)c2ccccc2)CC(C)(C)C1.CO. The molecule has 19 nitrogen and oxygen atoms in total. The highest BCUT2D eigenvalue weighted by Crippen LogP contribution is 2.48. The Bertz CT molecular complexity index is 5450. The van der Waals surface area contributed by atoms with E-state index in [0.29, 0.717) is 40.6 Å². The lowest BCUT2D eigenvalue weighted by Gasteiger charge is -2.39. The van der Waals surface area contributed by atoms with Crippen LogP contribution in [0.4, 0.5) is 0 Å². The molecule has 12 aromatic rings. The molecule has 0 aliphatic heterocycles. The van der Waals surface area contributed by atoms with Crippen LogP contribution in [0.25, 0.3) is 77.6 Å². The highest BCUT2D eigenvalue weighted by atomic mass is 32.2. The number of pyridine rings is 3. The van der Waals surface area contributed by atoms with Gasteiger partial charge in [0.15, 0.2) is 16.9 Å². The predicted octanol–water partition coefficient (Wildman–Crippen LogP) is 16.2. The van der Waals surface area contributed by atoms with Crippen LogP contribution in [0.15, 0.2) is 210 Å². The van der Waals surface area contributed by atoms with Crippen LogP contribution in [-0.4, -0.2) is 93.7 Å². The first-order valence-electron chi connectivity index (χ1n) is 34.2.